The zero-order valence-electron chi connectivity index (χ0n) is 14.0. The van der Waals surface area contributed by atoms with Crippen molar-refractivity contribution < 1.29 is 0 Å². The number of para-hydroxylation sites is 1. The van der Waals surface area contributed by atoms with Gasteiger partial charge in [-0.2, -0.15) is 0 Å². The minimum Gasteiger partial charge on any atom is -0.355 e. The number of fused-ring (bicyclic) bond motifs is 4. The molecule has 0 aliphatic rings. The Bertz CT molecular complexity index is 1200. The Morgan fingerprint density at radius 1 is 0.600 bits per heavy atom. The van der Waals surface area contributed by atoms with Gasteiger partial charge in [0.1, 0.15) is 0 Å². The van der Waals surface area contributed by atoms with Crippen LogP contribution in [0.1, 0.15) is 11.1 Å². The van der Waals surface area contributed by atoms with E-state index in [4.69, 9.17) is 0 Å². The average molecular weight is 321 g/mol. The molecule has 1 aromatic heterocycles. The highest BCUT2D eigenvalue weighted by atomic mass is 14.7. The quantitative estimate of drug-likeness (QED) is 0.404. The second-order valence-electron chi connectivity index (χ2n) is 6.69. The van der Waals surface area contributed by atoms with E-state index in [0.717, 1.165) is 12.8 Å². The minimum absolute atomic E-state index is 1.05. The van der Waals surface area contributed by atoms with E-state index in [1.807, 2.05) is 0 Å². The third-order valence-corrected chi connectivity index (χ3v) is 5.11. The molecule has 0 saturated carbocycles. The molecule has 1 N–H and O–H groups in total. The van der Waals surface area contributed by atoms with Crippen LogP contribution in [0.25, 0.3) is 32.6 Å². The van der Waals surface area contributed by atoms with Crippen molar-refractivity contribution in [2.24, 2.45) is 0 Å². The Balaban J connectivity index is 1.53. The van der Waals surface area contributed by atoms with E-state index in [9.17, 15) is 0 Å². The van der Waals surface area contributed by atoms with E-state index < -0.39 is 0 Å². The second-order valence-corrected chi connectivity index (χ2v) is 6.69. The lowest BCUT2D eigenvalue weighted by molar-refractivity contribution is 0.972. The highest BCUT2D eigenvalue weighted by molar-refractivity contribution is 6.08. The molecule has 0 radical (unpaired) electrons. The molecule has 25 heavy (non-hydrogen) atoms. The van der Waals surface area contributed by atoms with Crippen molar-refractivity contribution in [1.29, 1.82) is 0 Å². The van der Waals surface area contributed by atoms with Gasteiger partial charge in [0.25, 0.3) is 0 Å². The third-order valence-electron chi connectivity index (χ3n) is 5.11. The first kappa shape index (κ1) is 14.3. The van der Waals surface area contributed by atoms with Gasteiger partial charge < -0.3 is 4.98 Å². The van der Waals surface area contributed by atoms with Crippen molar-refractivity contribution in [3.63, 3.8) is 0 Å². The molecule has 4 aromatic carbocycles. The number of aromatic nitrogens is 1. The highest BCUT2D eigenvalue weighted by Crippen LogP contribution is 2.29. The first-order valence-electron chi connectivity index (χ1n) is 8.84. The summed E-state index contributed by atoms with van der Waals surface area (Å²) in [6.45, 7) is 0. The van der Waals surface area contributed by atoms with Crippen molar-refractivity contribution >= 4 is 32.6 Å². The van der Waals surface area contributed by atoms with Crippen molar-refractivity contribution in [1.82, 2.24) is 4.98 Å². The first-order valence-corrected chi connectivity index (χ1v) is 8.84. The molecule has 0 spiro atoms. The van der Waals surface area contributed by atoms with Crippen LogP contribution in [0.15, 0.2) is 84.9 Å². The smallest absolute Gasteiger partial charge is 0.0467 e. The second kappa shape index (κ2) is 5.78. The van der Waals surface area contributed by atoms with E-state index in [1.165, 1.54) is 43.7 Å². The number of aromatic amines is 1. The van der Waals surface area contributed by atoms with Gasteiger partial charge in [-0.05, 0) is 46.9 Å². The zero-order chi connectivity index (χ0) is 16.6. The number of hydrogen-bond donors (Lipinski definition) is 1. The fourth-order valence-electron chi connectivity index (χ4n) is 3.86. The van der Waals surface area contributed by atoms with Gasteiger partial charge >= 0.3 is 0 Å². The van der Waals surface area contributed by atoms with Crippen LogP contribution in [0, 0.1) is 0 Å². The molecule has 0 fully saturated rings. The van der Waals surface area contributed by atoms with Crippen LogP contribution < -0.4 is 0 Å². The number of hydrogen-bond acceptors (Lipinski definition) is 0. The molecular weight excluding hydrogens is 302 g/mol. The standard InChI is InChI=1S/C24H19N/c1-2-7-20-16-17(12-14-18(20)6-1)13-15-19-8-5-11-23-24(19)21-9-3-4-10-22(21)25-23/h1-12,14,16,25H,13,15H2. The van der Waals surface area contributed by atoms with E-state index in [2.05, 4.69) is 89.9 Å². The van der Waals surface area contributed by atoms with Crippen LogP contribution in [-0.4, -0.2) is 4.98 Å². The summed E-state index contributed by atoms with van der Waals surface area (Å²) in [4.78, 5) is 3.54. The van der Waals surface area contributed by atoms with Crippen LogP contribution in [0.3, 0.4) is 0 Å². The fourth-order valence-corrected chi connectivity index (χ4v) is 3.86. The Hall–Kier alpha value is -3.06. The summed E-state index contributed by atoms with van der Waals surface area (Å²) < 4.78 is 0. The summed E-state index contributed by atoms with van der Waals surface area (Å²) in [5.74, 6) is 0. The molecule has 5 aromatic rings. The Kier molecular flexibility index (Phi) is 3.31. The van der Waals surface area contributed by atoms with Gasteiger partial charge in [0.15, 0.2) is 0 Å². The maximum Gasteiger partial charge on any atom is 0.0467 e. The number of rotatable bonds is 3. The van der Waals surface area contributed by atoms with E-state index in [1.54, 1.807) is 0 Å². The molecule has 0 atom stereocenters. The van der Waals surface area contributed by atoms with Gasteiger partial charge in [-0.25, -0.2) is 0 Å². The van der Waals surface area contributed by atoms with Gasteiger partial charge in [-0.3, -0.25) is 0 Å². The number of nitrogens with one attached hydrogen (secondary N) is 1. The van der Waals surface area contributed by atoms with E-state index in [0.29, 0.717) is 0 Å². The Morgan fingerprint density at radius 3 is 2.36 bits per heavy atom. The number of benzene rings is 4. The van der Waals surface area contributed by atoms with Gasteiger partial charge in [-0.15, -0.1) is 0 Å². The fraction of sp³-hybridized carbons (Fsp3) is 0.0833. The molecule has 0 aliphatic carbocycles. The van der Waals surface area contributed by atoms with Crippen molar-refractivity contribution in [2.75, 3.05) is 0 Å². The lowest BCUT2D eigenvalue weighted by atomic mass is 9.98. The molecule has 0 saturated heterocycles. The van der Waals surface area contributed by atoms with Crippen LogP contribution in [0.4, 0.5) is 0 Å². The molecule has 1 heterocycles. The largest absolute Gasteiger partial charge is 0.355 e. The Morgan fingerprint density at radius 2 is 1.40 bits per heavy atom. The molecule has 0 bridgehead atoms. The molecule has 0 amide bonds. The van der Waals surface area contributed by atoms with Gasteiger partial charge in [0.2, 0.25) is 0 Å². The summed E-state index contributed by atoms with van der Waals surface area (Å²) >= 11 is 0. The predicted molar refractivity (Wildman–Crippen MR) is 107 cm³/mol. The number of H-pyrrole nitrogens is 1. The maximum atomic E-state index is 3.54. The van der Waals surface area contributed by atoms with Crippen molar-refractivity contribution in [3.8, 4) is 0 Å². The van der Waals surface area contributed by atoms with Crippen LogP contribution in [-0.2, 0) is 12.8 Å². The highest BCUT2D eigenvalue weighted by Gasteiger charge is 2.08. The van der Waals surface area contributed by atoms with Crippen LogP contribution >= 0.6 is 0 Å². The minimum atomic E-state index is 1.05. The lowest BCUT2D eigenvalue weighted by Gasteiger charge is -2.06. The average Bonchev–Trinajstić information content (AvgIpc) is 3.05. The van der Waals surface area contributed by atoms with Crippen molar-refractivity contribution in [2.45, 2.75) is 12.8 Å². The monoisotopic (exact) mass is 321 g/mol. The van der Waals surface area contributed by atoms with Gasteiger partial charge in [0, 0.05) is 21.8 Å². The van der Waals surface area contributed by atoms with Crippen molar-refractivity contribution in [3.05, 3.63) is 96.1 Å². The summed E-state index contributed by atoms with van der Waals surface area (Å²) in [7, 11) is 0. The third kappa shape index (κ3) is 2.49. The topological polar surface area (TPSA) is 15.8 Å². The normalized spacial score (nSPS) is 11.5. The summed E-state index contributed by atoms with van der Waals surface area (Å²) in [5, 5.41) is 5.33. The maximum absolute atomic E-state index is 3.54. The van der Waals surface area contributed by atoms with Gasteiger partial charge in [-0.1, -0.05) is 72.8 Å². The summed E-state index contributed by atoms with van der Waals surface area (Å²) in [6, 6.07) is 30.6. The lowest BCUT2D eigenvalue weighted by Crippen LogP contribution is -1.92. The van der Waals surface area contributed by atoms with Gasteiger partial charge in [0.05, 0.1) is 0 Å². The SMILES string of the molecule is c1ccc2cc(CCc3cccc4[nH]c5ccccc5c34)ccc2c1. The molecule has 5 rings (SSSR count). The molecule has 1 nitrogen and oxygen atoms in total. The molecule has 1 heteroatoms. The Labute approximate surface area is 146 Å². The zero-order valence-corrected chi connectivity index (χ0v) is 14.0. The molecule has 120 valence electrons. The first-order chi connectivity index (χ1) is 12.4. The summed E-state index contributed by atoms with van der Waals surface area (Å²) in [6.07, 6.45) is 2.11. The van der Waals surface area contributed by atoms with E-state index >= 15 is 0 Å². The number of aryl methyl sites for hydroxylation is 2. The molecule has 0 aliphatic heterocycles. The van der Waals surface area contributed by atoms with Crippen LogP contribution in [0.2, 0.25) is 0 Å². The molecular formula is C24H19N. The van der Waals surface area contributed by atoms with E-state index in [-0.39, 0.29) is 0 Å². The van der Waals surface area contributed by atoms with Crippen LogP contribution in [0.5, 0.6) is 0 Å². The molecule has 0 unspecified atom stereocenters. The predicted octanol–water partition coefficient (Wildman–Crippen LogP) is 6.26. The summed E-state index contributed by atoms with van der Waals surface area (Å²) in [5.41, 5.74) is 5.27.